The highest BCUT2D eigenvalue weighted by Gasteiger charge is 2.57. The second-order valence-electron chi connectivity index (χ2n) is 9.87. The highest BCUT2D eigenvalue weighted by Crippen LogP contribution is 2.52. The number of aliphatic carboxylic acids is 1. The maximum atomic E-state index is 16.3. The van der Waals surface area contributed by atoms with Crippen molar-refractivity contribution in [2.75, 3.05) is 13.7 Å². The second kappa shape index (κ2) is 10.2. The van der Waals surface area contributed by atoms with Crippen LogP contribution < -0.4 is 0 Å². The van der Waals surface area contributed by atoms with Gasteiger partial charge in [-0.1, -0.05) is 47.5 Å². The van der Waals surface area contributed by atoms with E-state index < -0.39 is 47.6 Å². The van der Waals surface area contributed by atoms with E-state index in [2.05, 4.69) is 0 Å². The van der Waals surface area contributed by atoms with Gasteiger partial charge in [0.25, 0.3) is 5.91 Å². The van der Waals surface area contributed by atoms with Gasteiger partial charge in [-0.2, -0.15) is 0 Å². The number of carboxylic acid groups (broad SMARTS) is 1. The quantitative estimate of drug-likeness (QED) is 0.361. The largest absolute Gasteiger partial charge is 0.481 e. The molecular weight excluding hydrogens is 548 g/mol. The SMILES string of the molecule is CO[C@]1(c2ccc(Cl)cc2)c2c(F)cc(C(C)(O)C3CCO3)cc2C(=O)N1C(CC(=O)O)c1ccc(Cl)cc1. The van der Waals surface area contributed by atoms with Crippen LogP contribution in [0.1, 0.15) is 58.4 Å². The van der Waals surface area contributed by atoms with E-state index in [9.17, 15) is 19.8 Å². The second-order valence-corrected chi connectivity index (χ2v) is 10.7. The number of carboxylic acids is 1. The predicted molar refractivity (Wildman–Crippen MR) is 142 cm³/mol. The summed E-state index contributed by atoms with van der Waals surface area (Å²) in [6.45, 7) is 1.99. The van der Waals surface area contributed by atoms with Crippen molar-refractivity contribution >= 4 is 35.1 Å². The molecule has 0 aliphatic carbocycles. The number of carbonyl (C=O) groups is 2. The molecule has 2 aliphatic rings. The molecule has 0 spiro atoms. The molecule has 0 aromatic heterocycles. The number of benzene rings is 3. The number of rotatable bonds is 8. The first kappa shape index (κ1) is 27.6. The molecule has 7 nitrogen and oxygen atoms in total. The van der Waals surface area contributed by atoms with Crippen molar-refractivity contribution in [2.24, 2.45) is 0 Å². The molecule has 39 heavy (non-hydrogen) atoms. The van der Waals surface area contributed by atoms with Crippen LogP contribution in [0.15, 0.2) is 60.7 Å². The van der Waals surface area contributed by atoms with Crippen LogP contribution in [0.2, 0.25) is 10.0 Å². The summed E-state index contributed by atoms with van der Waals surface area (Å²) in [6.07, 6.45) is -0.474. The van der Waals surface area contributed by atoms with Crippen molar-refractivity contribution in [1.29, 1.82) is 0 Å². The van der Waals surface area contributed by atoms with Crippen LogP contribution in [-0.4, -0.2) is 46.8 Å². The summed E-state index contributed by atoms with van der Waals surface area (Å²) in [4.78, 5) is 27.6. The molecule has 3 aromatic carbocycles. The first-order chi connectivity index (χ1) is 18.5. The molecule has 0 bridgehead atoms. The lowest BCUT2D eigenvalue weighted by Crippen LogP contribution is -2.49. The van der Waals surface area contributed by atoms with E-state index in [1.54, 1.807) is 48.5 Å². The molecule has 1 fully saturated rings. The van der Waals surface area contributed by atoms with Gasteiger partial charge in [0.1, 0.15) is 11.4 Å². The number of hydrogen-bond donors (Lipinski definition) is 2. The fraction of sp³-hybridized carbons (Fsp3) is 0.310. The van der Waals surface area contributed by atoms with E-state index >= 15 is 4.39 Å². The van der Waals surface area contributed by atoms with Crippen molar-refractivity contribution < 1.29 is 33.7 Å². The fourth-order valence-electron chi connectivity index (χ4n) is 5.52. The third-order valence-corrected chi connectivity index (χ3v) is 8.10. The van der Waals surface area contributed by atoms with Gasteiger partial charge in [0.15, 0.2) is 5.72 Å². The van der Waals surface area contributed by atoms with Crippen LogP contribution in [0.4, 0.5) is 4.39 Å². The summed E-state index contributed by atoms with van der Waals surface area (Å²) < 4.78 is 27.8. The first-order valence-electron chi connectivity index (χ1n) is 12.3. The minimum Gasteiger partial charge on any atom is -0.481 e. The van der Waals surface area contributed by atoms with Crippen LogP contribution in [0, 0.1) is 5.82 Å². The van der Waals surface area contributed by atoms with Crippen molar-refractivity contribution in [1.82, 2.24) is 4.90 Å². The molecule has 2 aliphatic heterocycles. The zero-order valence-electron chi connectivity index (χ0n) is 21.2. The molecular formula is C29H26Cl2FNO6. The van der Waals surface area contributed by atoms with Gasteiger partial charge in [0.05, 0.1) is 29.7 Å². The normalized spacial score (nSPS) is 22.7. The van der Waals surface area contributed by atoms with Crippen molar-refractivity contribution in [3.05, 3.63) is 104 Å². The third kappa shape index (κ3) is 4.50. The Kier molecular flexibility index (Phi) is 7.20. The Hall–Kier alpha value is -3.01. The zero-order valence-corrected chi connectivity index (χ0v) is 22.7. The number of methoxy groups -OCH3 is 1. The summed E-state index contributed by atoms with van der Waals surface area (Å²) in [5.41, 5.74) is -2.55. The van der Waals surface area contributed by atoms with Gasteiger partial charge in [-0.3, -0.25) is 14.5 Å². The van der Waals surface area contributed by atoms with Crippen LogP contribution in [-0.2, 0) is 25.6 Å². The summed E-state index contributed by atoms with van der Waals surface area (Å²) in [5, 5.41) is 21.9. The summed E-state index contributed by atoms with van der Waals surface area (Å²) >= 11 is 12.2. The first-order valence-corrected chi connectivity index (χ1v) is 13.1. The molecule has 3 aromatic rings. The van der Waals surface area contributed by atoms with Gasteiger partial charge >= 0.3 is 5.97 Å². The lowest BCUT2D eigenvalue weighted by Gasteiger charge is -2.42. The number of aliphatic hydroxyl groups is 1. The Morgan fingerprint density at radius 1 is 1.18 bits per heavy atom. The van der Waals surface area contributed by atoms with E-state index in [1.165, 1.54) is 31.1 Å². The van der Waals surface area contributed by atoms with E-state index in [0.29, 0.717) is 34.2 Å². The Morgan fingerprint density at radius 3 is 2.28 bits per heavy atom. The molecule has 2 N–H and O–H groups in total. The molecule has 2 heterocycles. The van der Waals surface area contributed by atoms with E-state index in [4.69, 9.17) is 32.7 Å². The van der Waals surface area contributed by atoms with Crippen molar-refractivity contribution in [2.45, 2.75) is 43.2 Å². The number of ether oxygens (including phenoxy) is 2. The topological polar surface area (TPSA) is 96.3 Å². The lowest BCUT2D eigenvalue weighted by atomic mass is 9.83. The van der Waals surface area contributed by atoms with Gasteiger partial charge in [-0.25, -0.2) is 4.39 Å². The van der Waals surface area contributed by atoms with E-state index in [-0.39, 0.29) is 16.7 Å². The molecule has 0 saturated carbocycles. The molecule has 3 unspecified atom stereocenters. The zero-order chi connectivity index (χ0) is 28.1. The maximum Gasteiger partial charge on any atom is 0.305 e. The Bertz CT molecular complexity index is 1420. The number of fused-ring (bicyclic) bond motifs is 1. The molecule has 4 atom stereocenters. The summed E-state index contributed by atoms with van der Waals surface area (Å²) in [5.74, 6) is -2.62. The Labute approximate surface area is 234 Å². The number of halogens is 3. The smallest absolute Gasteiger partial charge is 0.305 e. The van der Waals surface area contributed by atoms with Crippen molar-refractivity contribution in [3.8, 4) is 0 Å². The molecule has 5 rings (SSSR count). The standard InChI is InChI=1S/C29H26Cl2FNO6/c1-28(37,24-11-12-39-24)18-13-21-26(22(32)14-18)29(38-2,17-5-9-20(31)10-6-17)33(27(21)36)23(15-25(34)35)16-3-7-19(30)8-4-16/h3-10,13-14,23-24,37H,11-12,15H2,1-2H3,(H,34,35)/t23?,24?,28?,29-/m1/s1. The number of nitrogens with zero attached hydrogens (tertiary/aromatic N) is 1. The molecule has 1 saturated heterocycles. The van der Waals surface area contributed by atoms with Crippen LogP contribution in [0.3, 0.4) is 0 Å². The third-order valence-electron chi connectivity index (χ3n) is 7.59. The minimum absolute atomic E-state index is 0.0502. The number of amides is 1. The fourth-order valence-corrected chi connectivity index (χ4v) is 5.77. The van der Waals surface area contributed by atoms with Crippen LogP contribution in [0.5, 0.6) is 0 Å². The van der Waals surface area contributed by atoms with Crippen molar-refractivity contribution in [3.63, 3.8) is 0 Å². The lowest BCUT2D eigenvalue weighted by molar-refractivity contribution is -0.168. The van der Waals surface area contributed by atoms with Gasteiger partial charge < -0.3 is 19.7 Å². The average molecular weight is 574 g/mol. The van der Waals surface area contributed by atoms with Gasteiger partial charge in [0, 0.05) is 35.7 Å². The Morgan fingerprint density at radius 2 is 1.77 bits per heavy atom. The monoisotopic (exact) mass is 573 g/mol. The summed E-state index contributed by atoms with van der Waals surface area (Å²) in [7, 11) is 1.33. The van der Waals surface area contributed by atoms with E-state index in [1.807, 2.05) is 0 Å². The van der Waals surface area contributed by atoms with Crippen LogP contribution in [0.25, 0.3) is 0 Å². The number of hydrogen-bond acceptors (Lipinski definition) is 5. The van der Waals surface area contributed by atoms with E-state index in [0.717, 1.165) is 0 Å². The Balaban J connectivity index is 1.78. The molecule has 204 valence electrons. The minimum atomic E-state index is -1.85. The highest BCUT2D eigenvalue weighted by atomic mass is 35.5. The maximum absolute atomic E-state index is 16.3. The predicted octanol–water partition coefficient (Wildman–Crippen LogP) is 5.65. The molecule has 1 amide bonds. The van der Waals surface area contributed by atoms with Gasteiger partial charge in [-0.05, 0) is 54.4 Å². The molecule has 10 heteroatoms. The van der Waals surface area contributed by atoms with Gasteiger partial charge in [-0.15, -0.1) is 0 Å². The summed E-state index contributed by atoms with van der Waals surface area (Å²) in [6, 6.07) is 14.3. The highest BCUT2D eigenvalue weighted by molar-refractivity contribution is 6.30. The number of carbonyl (C=O) groups excluding carboxylic acids is 1. The average Bonchev–Trinajstić information content (AvgIpc) is 3.11. The van der Waals surface area contributed by atoms with Crippen LogP contribution >= 0.6 is 23.2 Å². The molecule has 0 radical (unpaired) electrons. The van der Waals surface area contributed by atoms with Gasteiger partial charge in [0.2, 0.25) is 0 Å².